The van der Waals surface area contributed by atoms with E-state index < -0.39 is 0 Å². The molecule has 0 atom stereocenters. The molecule has 124 valence electrons. The summed E-state index contributed by atoms with van der Waals surface area (Å²) in [7, 11) is 0. The summed E-state index contributed by atoms with van der Waals surface area (Å²) in [6, 6.07) is 20.7. The van der Waals surface area contributed by atoms with Crippen LogP contribution in [0.2, 0.25) is 5.15 Å². The molecule has 0 aliphatic heterocycles. The highest BCUT2D eigenvalue weighted by Crippen LogP contribution is 2.36. The average molecular weight is 383 g/mol. The van der Waals surface area contributed by atoms with Crippen molar-refractivity contribution in [3.8, 4) is 10.4 Å². The number of thiophene rings is 1. The molecule has 0 N–H and O–H groups in total. The summed E-state index contributed by atoms with van der Waals surface area (Å²) in [6.45, 7) is 2.12. The lowest BCUT2D eigenvalue weighted by molar-refractivity contribution is 1.01. The highest BCUT2D eigenvalue weighted by Gasteiger charge is 2.12. The Kier molecular flexibility index (Phi) is 4.75. The quantitative estimate of drug-likeness (QED) is 0.225. The topological polar surface area (TPSA) is 25.8 Å². The second-order valence-electron chi connectivity index (χ2n) is 5.71. The first-order valence-corrected chi connectivity index (χ1v) is 10.1. The molecule has 2 heterocycles. The predicted molar refractivity (Wildman–Crippen MR) is 109 cm³/mol. The standard InChI is InChI=1S/C20H15ClN2S2/c1-13-7-5-6-10-15(13)12-24-20-22-18(21)16-11-17(25-19(16)23-20)14-8-3-2-4-9-14/h2-11H,12H2,1H3. The van der Waals surface area contributed by atoms with Gasteiger partial charge in [-0.3, -0.25) is 0 Å². The highest BCUT2D eigenvalue weighted by atomic mass is 35.5. The van der Waals surface area contributed by atoms with Gasteiger partial charge in [-0.05, 0) is 29.7 Å². The van der Waals surface area contributed by atoms with Gasteiger partial charge in [0.1, 0.15) is 9.98 Å². The lowest BCUT2D eigenvalue weighted by Gasteiger charge is -2.04. The summed E-state index contributed by atoms with van der Waals surface area (Å²) >= 11 is 9.69. The van der Waals surface area contributed by atoms with Crippen LogP contribution < -0.4 is 0 Å². The van der Waals surface area contributed by atoms with Gasteiger partial charge in [0, 0.05) is 16.0 Å². The summed E-state index contributed by atoms with van der Waals surface area (Å²) < 4.78 is 0. The van der Waals surface area contributed by atoms with Crippen LogP contribution in [0.25, 0.3) is 20.7 Å². The first kappa shape index (κ1) is 16.6. The van der Waals surface area contributed by atoms with Crippen LogP contribution in [-0.2, 0) is 5.75 Å². The van der Waals surface area contributed by atoms with Crippen molar-refractivity contribution in [2.75, 3.05) is 0 Å². The van der Waals surface area contributed by atoms with Crippen LogP contribution in [0.4, 0.5) is 0 Å². The minimum atomic E-state index is 0.524. The van der Waals surface area contributed by atoms with Crippen molar-refractivity contribution in [3.63, 3.8) is 0 Å². The summed E-state index contributed by atoms with van der Waals surface area (Å²) in [6.07, 6.45) is 0. The van der Waals surface area contributed by atoms with Crippen LogP contribution in [-0.4, -0.2) is 9.97 Å². The fourth-order valence-corrected chi connectivity index (χ4v) is 4.94. The Morgan fingerprint density at radius 3 is 2.56 bits per heavy atom. The van der Waals surface area contributed by atoms with Gasteiger partial charge < -0.3 is 0 Å². The number of thioether (sulfide) groups is 1. The van der Waals surface area contributed by atoms with E-state index in [1.165, 1.54) is 16.7 Å². The van der Waals surface area contributed by atoms with Crippen LogP contribution in [0.3, 0.4) is 0 Å². The molecular formula is C20H15ClN2S2. The molecule has 0 spiro atoms. The molecule has 2 aromatic carbocycles. The van der Waals surface area contributed by atoms with Crippen molar-refractivity contribution in [2.45, 2.75) is 17.8 Å². The third-order valence-corrected chi connectivity index (χ3v) is 6.26. The van der Waals surface area contributed by atoms with Gasteiger partial charge in [-0.25, -0.2) is 9.97 Å². The number of hydrogen-bond donors (Lipinski definition) is 0. The number of aromatic nitrogens is 2. The first-order chi connectivity index (χ1) is 12.2. The molecule has 0 aliphatic rings. The third-order valence-electron chi connectivity index (χ3n) is 4.00. The average Bonchev–Trinajstić information content (AvgIpc) is 3.07. The van der Waals surface area contributed by atoms with E-state index in [4.69, 9.17) is 16.6 Å². The molecule has 0 radical (unpaired) electrons. The molecule has 2 nitrogen and oxygen atoms in total. The van der Waals surface area contributed by atoms with Crippen LogP contribution in [0.15, 0.2) is 65.8 Å². The van der Waals surface area contributed by atoms with Gasteiger partial charge in [0.05, 0.1) is 0 Å². The van der Waals surface area contributed by atoms with Gasteiger partial charge in [0.15, 0.2) is 5.16 Å². The summed E-state index contributed by atoms with van der Waals surface area (Å²) in [4.78, 5) is 11.3. The van der Waals surface area contributed by atoms with Crippen LogP contribution in [0.5, 0.6) is 0 Å². The van der Waals surface area contributed by atoms with Crippen molar-refractivity contribution < 1.29 is 0 Å². The molecule has 4 aromatic rings. The molecule has 0 bridgehead atoms. The van der Waals surface area contributed by atoms with Gasteiger partial charge in [0.2, 0.25) is 0 Å². The number of nitrogens with zero attached hydrogens (tertiary/aromatic N) is 2. The lowest BCUT2D eigenvalue weighted by Crippen LogP contribution is -1.90. The van der Waals surface area contributed by atoms with E-state index in [-0.39, 0.29) is 0 Å². The van der Waals surface area contributed by atoms with Gasteiger partial charge >= 0.3 is 0 Å². The van der Waals surface area contributed by atoms with Gasteiger partial charge in [0.25, 0.3) is 0 Å². The van der Waals surface area contributed by atoms with Crippen LogP contribution >= 0.6 is 34.7 Å². The Labute approximate surface area is 159 Å². The largest absolute Gasteiger partial charge is 0.211 e. The molecule has 0 fully saturated rings. The fourth-order valence-electron chi connectivity index (χ4n) is 2.59. The molecule has 0 saturated carbocycles. The molecular weight excluding hydrogens is 368 g/mol. The smallest absolute Gasteiger partial charge is 0.190 e. The van der Waals surface area contributed by atoms with Crippen LogP contribution in [0.1, 0.15) is 11.1 Å². The number of rotatable bonds is 4. The number of fused-ring (bicyclic) bond motifs is 1. The first-order valence-electron chi connectivity index (χ1n) is 7.90. The lowest BCUT2D eigenvalue weighted by atomic mass is 10.1. The molecule has 0 saturated heterocycles. The van der Waals surface area contributed by atoms with Crippen molar-refractivity contribution in [1.29, 1.82) is 0 Å². The minimum Gasteiger partial charge on any atom is -0.211 e. The Morgan fingerprint density at radius 1 is 1.00 bits per heavy atom. The normalized spacial score (nSPS) is 11.1. The van der Waals surface area contributed by atoms with Gasteiger partial charge in [-0.15, -0.1) is 11.3 Å². The maximum atomic E-state index is 6.42. The van der Waals surface area contributed by atoms with E-state index >= 15 is 0 Å². The maximum Gasteiger partial charge on any atom is 0.190 e. The second-order valence-corrected chi connectivity index (χ2v) is 8.04. The zero-order valence-corrected chi connectivity index (χ0v) is 16.0. The SMILES string of the molecule is Cc1ccccc1CSc1nc(Cl)c2cc(-c3ccccc3)sc2n1. The summed E-state index contributed by atoms with van der Waals surface area (Å²) in [5, 5.41) is 2.17. The highest BCUT2D eigenvalue weighted by molar-refractivity contribution is 7.98. The minimum absolute atomic E-state index is 0.524. The maximum absolute atomic E-state index is 6.42. The Balaban J connectivity index is 1.64. The zero-order valence-electron chi connectivity index (χ0n) is 13.6. The third kappa shape index (κ3) is 3.56. The number of halogens is 1. The molecule has 5 heteroatoms. The van der Waals surface area contributed by atoms with E-state index in [2.05, 4.69) is 54.4 Å². The van der Waals surface area contributed by atoms with Crippen molar-refractivity contribution in [3.05, 3.63) is 76.9 Å². The predicted octanol–water partition coefficient (Wildman–Crippen LogP) is 6.61. The van der Waals surface area contributed by atoms with Crippen LogP contribution in [0, 0.1) is 6.92 Å². The Morgan fingerprint density at radius 2 is 1.76 bits per heavy atom. The second kappa shape index (κ2) is 7.16. The summed E-state index contributed by atoms with van der Waals surface area (Å²) in [5.74, 6) is 0.839. The molecule has 4 rings (SSSR count). The van der Waals surface area contributed by atoms with Gasteiger partial charge in [-0.1, -0.05) is 78.0 Å². The van der Waals surface area contributed by atoms with E-state index in [9.17, 15) is 0 Å². The monoisotopic (exact) mass is 382 g/mol. The zero-order chi connectivity index (χ0) is 17.2. The Bertz CT molecular complexity index is 1030. The number of hydrogen-bond acceptors (Lipinski definition) is 4. The Hall–Kier alpha value is -1.88. The molecule has 0 amide bonds. The van der Waals surface area contributed by atoms with Crippen molar-refractivity contribution in [2.24, 2.45) is 0 Å². The van der Waals surface area contributed by atoms with E-state index in [0.717, 1.165) is 26.0 Å². The number of benzene rings is 2. The molecule has 25 heavy (non-hydrogen) atoms. The fraction of sp³-hybridized carbons (Fsp3) is 0.100. The number of aryl methyl sites for hydroxylation is 1. The molecule has 0 unspecified atom stereocenters. The molecule has 0 aliphatic carbocycles. The molecule has 2 aromatic heterocycles. The van der Waals surface area contributed by atoms with Crippen molar-refractivity contribution >= 4 is 44.9 Å². The van der Waals surface area contributed by atoms with Crippen molar-refractivity contribution in [1.82, 2.24) is 9.97 Å². The summed E-state index contributed by atoms with van der Waals surface area (Å²) in [5.41, 5.74) is 3.75. The van der Waals surface area contributed by atoms with E-state index in [1.807, 2.05) is 18.2 Å². The van der Waals surface area contributed by atoms with Gasteiger partial charge in [-0.2, -0.15) is 0 Å². The van der Waals surface area contributed by atoms with E-state index in [1.54, 1.807) is 23.1 Å². The van der Waals surface area contributed by atoms with E-state index in [0.29, 0.717) is 5.15 Å².